The molecule has 0 saturated carbocycles. The maximum absolute atomic E-state index is 14.7. The number of carbonyl (C=O) groups excluding carboxylic acids is 1. The molecule has 3 N–H and O–H groups in total. The minimum absolute atomic E-state index is 0.111. The monoisotopic (exact) mass is 592 g/mol. The Kier molecular flexibility index (Phi) is 8.05. The molecule has 0 radical (unpaired) electrons. The zero-order chi connectivity index (χ0) is 30.8. The Morgan fingerprint density at radius 3 is 2.61 bits per heavy atom. The molecule has 6 aromatic rings. The molecule has 1 amide bonds. The van der Waals surface area contributed by atoms with Crippen LogP contribution in [0.5, 0.6) is 5.75 Å². The standard InChI is InChI=1S/C33H33FN8O2/c1-41(2)9-10-44-25-13-21(11-23(34)15-25)26-7-8-36-33-27(26)16-30(38-33)32-28-14-20(5-6-29(28)39-40-32)22-12-24(18-35-17-22)37-31(43)19-42(3)4/h5-8,11-18H,9-10,19H2,1-4H3,(H,36,38)(H,37,43)(H,39,40). The second kappa shape index (κ2) is 12.2. The van der Waals surface area contributed by atoms with Crippen LogP contribution in [0, 0.1) is 5.82 Å². The number of fused-ring (bicyclic) bond motifs is 2. The zero-order valence-corrected chi connectivity index (χ0v) is 25.0. The first-order valence-corrected chi connectivity index (χ1v) is 14.2. The molecule has 224 valence electrons. The van der Waals surface area contributed by atoms with Gasteiger partial charge in [-0.15, -0.1) is 0 Å². The number of benzene rings is 2. The van der Waals surface area contributed by atoms with E-state index in [-0.39, 0.29) is 18.3 Å². The number of rotatable bonds is 10. The van der Waals surface area contributed by atoms with Crippen molar-refractivity contribution in [3.63, 3.8) is 0 Å². The molecular weight excluding hydrogens is 559 g/mol. The number of halogens is 1. The summed E-state index contributed by atoms with van der Waals surface area (Å²) in [5.74, 6) is -0.00595. The van der Waals surface area contributed by atoms with Crippen LogP contribution in [0.4, 0.5) is 10.1 Å². The number of carbonyl (C=O) groups is 1. The number of pyridine rings is 2. The number of nitrogens with one attached hydrogen (secondary N) is 3. The first kappa shape index (κ1) is 29.0. The number of anilines is 1. The summed E-state index contributed by atoms with van der Waals surface area (Å²) in [6.07, 6.45) is 5.10. The number of hydrogen-bond donors (Lipinski definition) is 3. The summed E-state index contributed by atoms with van der Waals surface area (Å²) in [5.41, 5.74) is 6.95. The Bertz CT molecular complexity index is 1960. The van der Waals surface area contributed by atoms with Crippen molar-refractivity contribution in [1.82, 2.24) is 34.9 Å². The summed E-state index contributed by atoms with van der Waals surface area (Å²) in [6.45, 7) is 1.46. The van der Waals surface area contributed by atoms with E-state index in [1.807, 2.05) is 75.6 Å². The van der Waals surface area contributed by atoms with E-state index in [4.69, 9.17) is 4.74 Å². The summed E-state index contributed by atoms with van der Waals surface area (Å²) in [4.78, 5) is 28.4. The molecule has 4 aromatic heterocycles. The Balaban J connectivity index is 1.33. The molecule has 0 saturated heterocycles. The van der Waals surface area contributed by atoms with Crippen LogP contribution in [-0.2, 0) is 4.79 Å². The van der Waals surface area contributed by atoms with Crippen LogP contribution in [0.25, 0.3) is 55.6 Å². The molecule has 0 aliphatic heterocycles. The van der Waals surface area contributed by atoms with Gasteiger partial charge in [0, 0.05) is 41.3 Å². The summed E-state index contributed by atoms with van der Waals surface area (Å²) in [7, 11) is 7.61. The second-order valence-corrected chi connectivity index (χ2v) is 11.2. The van der Waals surface area contributed by atoms with Gasteiger partial charge in [0.05, 0.1) is 29.6 Å². The number of amides is 1. The highest BCUT2D eigenvalue weighted by Crippen LogP contribution is 2.36. The fourth-order valence-electron chi connectivity index (χ4n) is 5.11. The van der Waals surface area contributed by atoms with Gasteiger partial charge in [0.2, 0.25) is 5.91 Å². The van der Waals surface area contributed by atoms with E-state index < -0.39 is 0 Å². The molecule has 0 unspecified atom stereocenters. The van der Waals surface area contributed by atoms with Crippen LogP contribution in [0.15, 0.2) is 73.2 Å². The molecule has 0 bridgehead atoms. The van der Waals surface area contributed by atoms with Crippen molar-refractivity contribution in [2.75, 3.05) is 53.2 Å². The van der Waals surface area contributed by atoms with E-state index in [0.29, 0.717) is 29.3 Å². The molecule has 2 aromatic carbocycles. The lowest BCUT2D eigenvalue weighted by Gasteiger charge is -2.12. The molecule has 44 heavy (non-hydrogen) atoms. The number of nitrogens with zero attached hydrogens (tertiary/aromatic N) is 5. The highest BCUT2D eigenvalue weighted by atomic mass is 19.1. The third-order valence-electron chi connectivity index (χ3n) is 7.15. The van der Waals surface area contributed by atoms with Crippen molar-refractivity contribution < 1.29 is 13.9 Å². The van der Waals surface area contributed by atoms with Crippen LogP contribution in [0.2, 0.25) is 0 Å². The van der Waals surface area contributed by atoms with Crippen LogP contribution in [0.1, 0.15) is 0 Å². The van der Waals surface area contributed by atoms with E-state index in [1.54, 1.807) is 23.5 Å². The van der Waals surface area contributed by atoms with Gasteiger partial charge in [-0.25, -0.2) is 9.37 Å². The van der Waals surface area contributed by atoms with Gasteiger partial charge in [0.1, 0.15) is 29.5 Å². The molecule has 11 heteroatoms. The van der Waals surface area contributed by atoms with Crippen molar-refractivity contribution in [2.24, 2.45) is 0 Å². The molecule has 0 spiro atoms. The van der Waals surface area contributed by atoms with Gasteiger partial charge in [0.25, 0.3) is 0 Å². The second-order valence-electron chi connectivity index (χ2n) is 11.2. The smallest absolute Gasteiger partial charge is 0.238 e. The van der Waals surface area contributed by atoms with Crippen LogP contribution < -0.4 is 10.1 Å². The lowest BCUT2D eigenvalue weighted by atomic mass is 10.0. The third kappa shape index (κ3) is 6.29. The minimum Gasteiger partial charge on any atom is -0.492 e. The van der Waals surface area contributed by atoms with Gasteiger partial charge >= 0.3 is 0 Å². The average molecular weight is 593 g/mol. The number of ether oxygens (including phenoxy) is 1. The predicted molar refractivity (Wildman–Crippen MR) is 171 cm³/mol. The molecule has 0 aliphatic rings. The number of likely N-dealkylation sites (N-methyl/N-ethyl adjacent to an activating group) is 2. The average Bonchev–Trinajstić information content (AvgIpc) is 3.60. The van der Waals surface area contributed by atoms with Crippen molar-refractivity contribution in [2.45, 2.75) is 0 Å². The Morgan fingerprint density at radius 2 is 1.80 bits per heavy atom. The van der Waals surface area contributed by atoms with E-state index >= 15 is 0 Å². The quantitative estimate of drug-likeness (QED) is 0.195. The Morgan fingerprint density at radius 1 is 0.932 bits per heavy atom. The molecule has 6 rings (SSSR count). The maximum Gasteiger partial charge on any atom is 0.238 e. The van der Waals surface area contributed by atoms with Crippen LogP contribution in [0.3, 0.4) is 0 Å². The van der Waals surface area contributed by atoms with E-state index in [9.17, 15) is 9.18 Å². The zero-order valence-electron chi connectivity index (χ0n) is 25.0. The fourth-order valence-corrected chi connectivity index (χ4v) is 5.11. The number of H-pyrrole nitrogens is 2. The highest BCUT2D eigenvalue weighted by Gasteiger charge is 2.16. The lowest BCUT2D eigenvalue weighted by Crippen LogP contribution is -2.27. The largest absolute Gasteiger partial charge is 0.492 e. The molecule has 0 fully saturated rings. The van der Waals surface area contributed by atoms with Gasteiger partial charge < -0.3 is 24.8 Å². The maximum atomic E-state index is 14.7. The van der Waals surface area contributed by atoms with Crippen molar-refractivity contribution >= 4 is 33.5 Å². The summed E-state index contributed by atoms with van der Waals surface area (Å²) in [5, 5.41) is 12.4. The molecule has 10 nitrogen and oxygen atoms in total. The Hall–Kier alpha value is -5.13. The minimum atomic E-state index is -0.371. The topological polar surface area (TPSA) is 115 Å². The van der Waals surface area contributed by atoms with Gasteiger partial charge in [0.15, 0.2) is 0 Å². The Labute approximate surface area is 253 Å². The van der Waals surface area contributed by atoms with Crippen molar-refractivity contribution in [1.29, 1.82) is 0 Å². The van der Waals surface area contributed by atoms with Crippen LogP contribution in [-0.4, -0.2) is 88.7 Å². The van der Waals surface area contributed by atoms with Crippen LogP contribution >= 0.6 is 0 Å². The van der Waals surface area contributed by atoms with Crippen molar-refractivity contribution in [3.8, 4) is 39.4 Å². The molecular formula is C33H33FN8O2. The SMILES string of the molecule is CN(C)CCOc1cc(F)cc(-c2ccnc3[nH]c(-c4n[nH]c5ccc(-c6cncc(NC(=O)CN(C)C)c6)cc45)cc23)c1. The summed E-state index contributed by atoms with van der Waals surface area (Å²) >= 11 is 0. The predicted octanol–water partition coefficient (Wildman–Crippen LogP) is 5.41. The fraction of sp³-hybridized carbons (Fsp3) is 0.212. The van der Waals surface area contributed by atoms with Gasteiger partial charge in [-0.05, 0) is 87.3 Å². The third-order valence-corrected chi connectivity index (χ3v) is 7.15. The highest BCUT2D eigenvalue weighted by molar-refractivity contribution is 6.01. The van der Waals surface area contributed by atoms with E-state index in [1.165, 1.54) is 12.1 Å². The first-order valence-electron chi connectivity index (χ1n) is 14.2. The number of hydrogen-bond acceptors (Lipinski definition) is 7. The van der Waals surface area contributed by atoms with Crippen molar-refractivity contribution in [3.05, 3.63) is 79.0 Å². The normalized spacial score (nSPS) is 11.6. The molecule has 0 atom stereocenters. The molecule has 0 aliphatic carbocycles. The van der Waals surface area contributed by atoms with E-state index in [0.717, 1.165) is 50.9 Å². The summed E-state index contributed by atoms with van der Waals surface area (Å²) in [6, 6.07) is 16.5. The van der Waals surface area contributed by atoms with Gasteiger partial charge in [-0.1, -0.05) is 6.07 Å². The lowest BCUT2D eigenvalue weighted by molar-refractivity contribution is -0.116. The van der Waals surface area contributed by atoms with E-state index in [2.05, 4.69) is 30.5 Å². The van der Waals surface area contributed by atoms with Gasteiger partial charge in [-0.3, -0.25) is 14.9 Å². The number of aromatic nitrogens is 5. The van der Waals surface area contributed by atoms with Gasteiger partial charge in [-0.2, -0.15) is 5.10 Å². The number of aromatic amines is 2. The summed E-state index contributed by atoms with van der Waals surface area (Å²) < 4.78 is 20.5. The molecule has 4 heterocycles. The first-order chi connectivity index (χ1) is 21.2.